The van der Waals surface area contributed by atoms with E-state index < -0.39 is 0 Å². The van der Waals surface area contributed by atoms with Gasteiger partial charge < -0.3 is 5.32 Å². The highest BCUT2D eigenvalue weighted by atomic mass is 35.5. The van der Waals surface area contributed by atoms with Gasteiger partial charge in [-0.2, -0.15) is 0 Å². The zero-order valence-corrected chi connectivity index (χ0v) is 12.2. The minimum atomic E-state index is 0.721. The molecule has 2 atom stereocenters. The summed E-state index contributed by atoms with van der Waals surface area (Å²) in [7, 11) is 0. The highest BCUT2D eigenvalue weighted by Gasteiger charge is 2.39. The molecule has 0 radical (unpaired) electrons. The first-order valence-electron chi connectivity index (χ1n) is 7.24. The van der Waals surface area contributed by atoms with Crippen LogP contribution < -0.4 is 5.32 Å². The standard InChI is InChI=1S/C17H17ClN2/c1-10-16-11-5-6-12(7-11)17(16)15(9-19-10)20-14-4-2-3-13(18)8-14/h2-4,8-9,11-12,20H,5-7H2,1H3. The van der Waals surface area contributed by atoms with E-state index in [0.29, 0.717) is 0 Å². The predicted octanol–water partition coefficient (Wildman–Crippen LogP) is 5.15. The Bertz CT molecular complexity index is 681. The Kier molecular flexibility index (Phi) is 2.74. The normalized spacial score (nSPS) is 22.9. The van der Waals surface area contributed by atoms with Gasteiger partial charge >= 0.3 is 0 Å². The molecule has 1 N–H and O–H groups in total. The van der Waals surface area contributed by atoms with Gasteiger partial charge in [-0.15, -0.1) is 0 Å². The second-order valence-corrected chi connectivity index (χ2v) is 6.36. The van der Waals surface area contributed by atoms with Gasteiger partial charge in [-0.1, -0.05) is 17.7 Å². The van der Waals surface area contributed by atoms with Crippen LogP contribution in [0.2, 0.25) is 5.02 Å². The minimum absolute atomic E-state index is 0.721. The lowest BCUT2D eigenvalue weighted by Gasteiger charge is -2.21. The van der Waals surface area contributed by atoms with Gasteiger partial charge in [0.15, 0.2) is 0 Å². The fraction of sp³-hybridized carbons (Fsp3) is 0.353. The highest BCUT2D eigenvalue weighted by Crippen LogP contribution is 2.56. The lowest BCUT2D eigenvalue weighted by Crippen LogP contribution is -2.06. The Balaban J connectivity index is 1.77. The molecule has 4 rings (SSSR count). The van der Waals surface area contributed by atoms with Crippen molar-refractivity contribution in [3.05, 3.63) is 52.3 Å². The van der Waals surface area contributed by atoms with Crippen LogP contribution in [0.1, 0.15) is 47.9 Å². The molecule has 0 spiro atoms. The summed E-state index contributed by atoms with van der Waals surface area (Å²) in [4.78, 5) is 4.59. The summed E-state index contributed by atoms with van der Waals surface area (Å²) in [5.41, 5.74) is 6.43. The van der Waals surface area contributed by atoms with E-state index in [1.165, 1.54) is 41.8 Å². The Hall–Kier alpha value is -1.54. The van der Waals surface area contributed by atoms with Crippen molar-refractivity contribution in [3.63, 3.8) is 0 Å². The average molecular weight is 285 g/mol. The minimum Gasteiger partial charge on any atom is -0.354 e. The Morgan fingerprint density at radius 3 is 2.80 bits per heavy atom. The van der Waals surface area contributed by atoms with E-state index in [2.05, 4.69) is 17.2 Å². The number of benzene rings is 1. The maximum Gasteiger partial charge on any atom is 0.0609 e. The zero-order chi connectivity index (χ0) is 13.7. The number of hydrogen-bond acceptors (Lipinski definition) is 2. The number of anilines is 2. The molecule has 0 aliphatic heterocycles. The van der Waals surface area contributed by atoms with Crippen molar-refractivity contribution >= 4 is 23.0 Å². The molecule has 1 fully saturated rings. The molecule has 102 valence electrons. The summed E-state index contributed by atoms with van der Waals surface area (Å²) >= 11 is 6.06. The number of pyridine rings is 1. The van der Waals surface area contributed by atoms with Crippen LogP contribution in [0.25, 0.3) is 0 Å². The summed E-state index contributed by atoms with van der Waals surface area (Å²) in [6.45, 7) is 2.14. The molecule has 1 aromatic heterocycles. The van der Waals surface area contributed by atoms with Crippen LogP contribution >= 0.6 is 11.6 Å². The van der Waals surface area contributed by atoms with Crippen LogP contribution in [0.3, 0.4) is 0 Å². The van der Waals surface area contributed by atoms with Crippen LogP contribution in [0.15, 0.2) is 30.5 Å². The predicted molar refractivity (Wildman–Crippen MR) is 83.0 cm³/mol. The number of aromatic nitrogens is 1. The Morgan fingerprint density at radius 1 is 1.20 bits per heavy atom. The summed E-state index contributed by atoms with van der Waals surface area (Å²) < 4.78 is 0. The lowest BCUT2D eigenvalue weighted by atomic mass is 9.90. The molecule has 2 nitrogen and oxygen atoms in total. The second-order valence-electron chi connectivity index (χ2n) is 5.93. The van der Waals surface area contributed by atoms with E-state index >= 15 is 0 Å². The molecule has 3 heteroatoms. The van der Waals surface area contributed by atoms with Crippen LogP contribution in [-0.2, 0) is 0 Å². The average Bonchev–Trinajstić information content (AvgIpc) is 3.03. The number of aryl methyl sites for hydroxylation is 1. The van der Waals surface area contributed by atoms with Gasteiger partial charge in [0.05, 0.1) is 11.9 Å². The van der Waals surface area contributed by atoms with Crippen molar-refractivity contribution in [2.24, 2.45) is 0 Å². The molecule has 0 amide bonds. The molecule has 1 aromatic carbocycles. The molecule has 1 saturated carbocycles. The first kappa shape index (κ1) is 12.2. The number of halogens is 1. The van der Waals surface area contributed by atoms with Gasteiger partial charge in [0.1, 0.15) is 0 Å². The summed E-state index contributed by atoms with van der Waals surface area (Å²) in [5.74, 6) is 1.46. The largest absolute Gasteiger partial charge is 0.354 e. The number of rotatable bonds is 2. The van der Waals surface area contributed by atoms with Crippen molar-refractivity contribution < 1.29 is 0 Å². The van der Waals surface area contributed by atoms with E-state index in [9.17, 15) is 0 Å². The summed E-state index contributed by atoms with van der Waals surface area (Å²) in [6.07, 6.45) is 5.95. The quantitative estimate of drug-likeness (QED) is 0.825. The molecule has 2 bridgehead atoms. The van der Waals surface area contributed by atoms with Crippen molar-refractivity contribution in [1.82, 2.24) is 4.98 Å². The Morgan fingerprint density at radius 2 is 2.00 bits per heavy atom. The van der Waals surface area contributed by atoms with Crippen molar-refractivity contribution in [2.75, 3.05) is 5.32 Å². The van der Waals surface area contributed by atoms with Gasteiger partial charge in [-0.05, 0) is 67.3 Å². The van der Waals surface area contributed by atoms with E-state index in [1.807, 2.05) is 30.5 Å². The fourth-order valence-electron chi connectivity index (χ4n) is 3.92. The van der Waals surface area contributed by atoms with Crippen molar-refractivity contribution in [2.45, 2.75) is 38.0 Å². The summed E-state index contributed by atoms with van der Waals surface area (Å²) in [5, 5.41) is 4.27. The van der Waals surface area contributed by atoms with Crippen LogP contribution in [0.5, 0.6) is 0 Å². The van der Waals surface area contributed by atoms with Crippen molar-refractivity contribution in [1.29, 1.82) is 0 Å². The van der Waals surface area contributed by atoms with Crippen LogP contribution in [-0.4, -0.2) is 4.98 Å². The first-order valence-corrected chi connectivity index (χ1v) is 7.62. The number of nitrogens with one attached hydrogen (secondary N) is 1. The van der Waals surface area contributed by atoms with Crippen molar-refractivity contribution in [3.8, 4) is 0 Å². The number of hydrogen-bond donors (Lipinski definition) is 1. The van der Waals surface area contributed by atoms with Crippen LogP contribution in [0.4, 0.5) is 11.4 Å². The molecular formula is C17H17ClN2. The molecule has 20 heavy (non-hydrogen) atoms. The van der Waals surface area contributed by atoms with Gasteiger partial charge in [0.25, 0.3) is 0 Å². The maximum absolute atomic E-state index is 6.06. The highest BCUT2D eigenvalue weighted by molar-refractivity contribution is 6.30. The SMILES string of the molecule is Cc1ncc(Nc2cccc(Cl)c2)c2c1C1CCC2C1. The molecule has 2 aliphatic rings. The third kappa shape index (κ3) is 1.82. The fourth-order valence-corrected chi connectivity index (χ4v) is 4.11. The molecule has 2 aliphatic carbocycles. The van der Waals surface area contributed by atoms with Gasteiger partial charge in [-0.3, -0.25) is 4.98 Å². The van der Waals surface area contributed by atoms with E-state index in [1.54, 1.807) is 0 Å². The van der Waals surface area contributed by atoms with E-state index in [-0.39, 0.29) is 0 Å². The number of fused-ring (bicyclic) bond motifs is 5. The molecule has 2 aromatic rings. The number of nitrogens with zero attached hydrogens (tertiary/aromatic N) is 1. The van der Waals surface area contributed by atoms with Gasteiger partial charge in [0, 0.05) is 16.4 Å². The van der Waals surface area contributed by atoms with Gasteiger partial charge in [-0.25, -0.2) is 0 Å². The van der Waals surface area contributed by atoms with E-state index in [4.69, 9.17) is 11.6 Å². The second kappa shape index (κ2) is 4.49. The smallest absolute Gasteiger partial charge is 0.0609 e. The van der Waals surface area contributed by atoms with Crippen LogP contribution in [0, 0.1) is 6.92 Å². The Labute approximate surface area is 124 Å². The third-order valence-corrected chi connectivity index (χ3v) is 4.95. The first-order chi connectivity index (χ1) is 9.72. The third-order valence-electron chi connectivity index (χ3n) is 4.71. The topological polar surface area (TPSA) is 24.9 Å². The molecule has 1 heterocycles. The lowest BCUT2D eigenvalue weighted by molar-refractivity contribution is 0.709. The molecular weight excluding hydrogens is 268 g/mol. The monoisotopic (exact) mass is 284 g/mol. The summed E-state index contributed by atoms with van der Waals surface area (Å²) in [6, 6.07) is 7.87. The molecule has 0 saturated heterocycles. The zero-order valence-electron chi connectivity index (χ0n) is 11.5. The van der Waals surface area contributed by atoms with E-state index in [0.717, 1.165) is 22.5 Å². The maximum atomic E-state index is 6.06. The van der Waals surface area contributed by atoms with Gasteiger partial charge in [0.2, 0.25) is 0 Å². The molecule has 2 unspecified atom stereocenters.